The molecule has 0 radical (unpaired) electrons. The first-order chi connectivity index (χ1) is 69.9. The third kappa shape index (κ3) is 15.0. The molecule has 9 heteroatoms. The molecular weight excluding hydrogens is 1720 g/mol. The van der Waals surface area contributed by atoms with E-state index in [4.69, 9.17) is 26.5 Å². The summed E-state index contributed by atoms with van der Waals surface area (Å²) in [6, 6.07) is 181. The summed E-state index contributed by atoms with van der Waals surface area (Å²) in [6.07, 6.45) is 0. The van der Waals surface area contributed by atoms with Crippen molar-refractivity contribution in [2.45, 2.75) is 0 Å². The number of rotatable bonds is 16. The smallest absolute Gasteiger partial charge is 0.137 e. The van der Waals surface area contributed by atoms with Gasteiger partial charge in [-0.15, -0.1) is 0 Å². The molecule has 664 valence electrons. The van der Waals surface area contributed by atoms with Gasteiger partial charge in [-0.05, 0) is 213 Å². The first-order valence-corrected chi connectivity index (χ1v) is 47.6. The molecule has 0 aliphatic heterocycles. The van der Waals surface area contributed by atoms with Crippen molar-refractivity contribution in [2.24, 2.45) is 0 Å². The largest absolute Gasteiger partial charge is 0.456 e. The van der Waals surface area contributed by atoms with E-state index in [0.717, 1.165) is 233 Å². The number of hydrogen-bond acceptors (Lipinski definition) is 9. The summed E-state index contributed by atoms with van der Waals surface area (Å²) in [5, 5.41) is 13.2. The van der Waals surface area contributed by atoms with Crippen LogP contribution in [0.25, 0.3) is 210 Å². The van der Waals surface area contributed by atoms with E-state index in [1.54, 1.807) is 0 Å². The second-order valence-electron chi connectivity index (χ2n) is 35.5. The highest BCUT2D eigenvalue weighted by molar-refractivity contribution is 6.19. The Labute approximate surface area is 812 Å². The Kier molecular flexibility index (Phi) is 20.7. The summed E-state index contributed by atoms with van der Waals surface area (Å²) in [4.78, 5) is 7.16. The van der Waals surface area contributed by atoms with Gasteiger partial charge in [0.05, 0.1) is 56.0 Å². The van der Waals surface area contributed by atoms with Crippen LogP contribution in [0.4, 0.5) is 51.2 Å². The molecule has 0 N–H and O–H groups in total. The van der Waals surface area contributed by atoms with Crippen LogP contribution in [-0.4, -0.2) is 0 Å². The van der Waals surface area contributed by atoms with Gasteiger partial charge in [-0.3, -0.25) is 0 Å². The lowest BCUT2D eigenvalue weighted by Crippen LogP contribution is -2.12. The summed E-state index contributed by atoms with van der Waals surface area (Å²) < 4.78 is 37.7. The van der Waals surface area contributed by atoms with Crippen LogP contribution >= 0.6 is 0 Å². The van der Waals surface area contributed by atoms with Crippen molar-refractivity contribution < 1.29 is 26.5 Å². The number of benzene rings is 22. The Morgan fingerprint density at radius 2 is 0.340 bits per heavy atom. The van der Waals surface area contributed by atoms with E-state index in [-0.39, 0.29) is 0 Å². The van der Waals surface area contributed by atoms with E-state index in [0.29, 0.717) is 0 Å². The molecule has 0 unspecified atom stereocenters. The fourth-order valence-electron chi connectivity index (χ4n) is 20.7. The predicted octanol–water partition coefficient (Wildman–Crippen LogP) is 38.5. The number of furan rings is 6. The van der Waals surface area contributed by atoms with Crippen LogP contribution in [0, 0.1) is 0 Å². The van der Waals surface area contributed by atoms with Crippen molar-refractivity contribution in [3.8, 4) is 77.9 Å². The number of fused-ring (bicyclic) bond motifs is 18. The number of anilines is 9. The third-order valence-corrected chi connectivity index (χ3v) is 27.3. The van der Waals surface area contributed by atoms with Gasteiger partial charge < -0.3 is 41.2 Å². The van der Waals surface area contributed by atoms with Crippen molar-refractivity contribution in [1.29, 1.82) is 0 Å². The van der Waals surface area contributed by atoms with E-state index in [9.17, 15) is 0 Å². The van der Waals surface area contributed by atoms with Crippen LogP contribution in [0.2, 0.25) is 0 Å². The molecule has 28 aromatic rings. The fourth-order valence-corrected chi connectivity index (χ4v) is 20.7. The highest BCUT2D eigenvalue weighted by Crippen LogP contribution is 2.54. The zero-order valence-corrected chi connectivity index (χ0v) is 76.4. The van der Waals surface area contributed by atoms with Crippen molar-refractivity contribution in [1.82, 2.24) is 0 Å². The lowest BCUT2D eigenvalue weighted by molar-refractivity contribution is 0.668. The van der Waals surface area contributed by atoms with Crippen LogP contribution in [0.15, 0.2) is 542 Å². The SMILES string of the molecule is c1ccc(-c2ccc(-c3ccccc3N(c3ccccc3-c3ccc4oc5ccccc5c4c3)c3cccc4oc5ccccc5c34)cc2)cc1.c1ccc(-c2ccc(N(c3ccccc3-c3ccc4oc5ccccc5c4c3)c3cccc4oc5ccccc5c34)cc2)cc1.c1ccc(-c2cccc(N(c3ccccc3-c3ccc4oc5ccccc5c4c3)c3cccc4oc5ccccc5c34)c2)cc1. The molecule has 0 spiro atoms. The maximum Gasteiger partial charge on any atom is 0.137 e. The van der Waals surface area contributed by atoms with Crippen molar-refractivity contribution in [3.05, 3.63) is 516 Å². The molecule has 0 saturated heterocycles. The molecule has 0 aliphatic carbocycles. The van der Waals surface area contributed by atoms with Gasteiger partial charge in [0.1, 0.15) is 67.0 Å². The highest BCUT2D eigenvalue weighted by atomic mass is 16.3. The number of hydrogen-bond donors (Lipinski definition) is 0. The minimum Gasteiger partial charge on any atom is -0.456 e. The molecule has 22 aromatic carbocycles. The molecule has 0 bridgehead atoms. The Hall–Kier alpha value is -19.0. The minimum absolute atomic E-state index is 0.854. The van der Waals surface area contributed by atoms with Crippen molar-refractivity contribution in [2.75, 3.05) is 14.7 Å². The summed E-state index contributed by atoms with van der Waals surface area (Å²) in [7, 11) is 0. The van der Waals surface area contributed by atoms with E-state index in [1.807, 2.05) is 72.8 Å². The Morgan fingerprint density at radius 3 is 0.716 bits per heavy atom. The molecule has 6 heterocycles. The summed E-state index contributed by atoms with van der Waals surface area (Å²) in [6.45, 7) is 0. The molecule has 0 amide bonds. The number of para-hydroxylation sites is 10. The molecule has 9 nitrogen and oxygen atoms in total. The van der Waals surface area contributed by atoms with Gasteiger partial charge >= 0.3 is 0 Å². The van der Waals surface area contributed by atoms with Gasteiger partial charge in [0.2, 0.25) is 0 Å². The molecule has 141 heavy (non-hydrogen) atoms. The highest BCUT2D eigenvalue weighted by Gasteiger charge is 2.29. The van der Waals surface area contributed by atoms with Gasteiger partial charge in [-0.25, -0.2) is 0 Å². The maximum atomic E-state index is 6.44. The molecule has 28 rings (SSSR count). The standard InChI is InChI=1S/C48H31NO2.2C42H27NO2/c1-2-13-32(14-3-1)33-25-27-34(28-26-33)36-15-4-8-19-41(36)49(43-21-12-24-47-48(43)39-18-7-11-23-45(39)51-47)42-20-9-5-16-37(42)35-29-30-46-40(31-35)38-17-6-10-22-44(38)50-46;1-2-12-28(13-3-1)29-14-10-15-31(26-29)43(37-20-11-23-41-42(37)34-18-6-9-22-39(34)45-41)36-19-7-4-16-32(36)30-24-25-40-35(27-30)33-17-5-8-21-38(33)44-40;1-2-11-28(12-3-1)29-21-24-31(25-22-29)43(37-17-10-20-41-42(37)34-15-6-9-19-39(34)45-41)36-16-7-4-13-32(36)30-23-26-40-35(27-30)33-14-5-8-18-38(33)44-40/h1-31H;2*1-27H. The Balaban J connectivity index is 0.000000109. The van der Waals surface area contributed by atoms with Gasteiger partial charge in [-0.1, -0.05) is 358 Å². The molecule has 0 fully saturated rings. The molecule has 0 aliphatic rings. The van der Waals surface area contributed by atoms with Crippen LogP contribution in [-0.2, 0) is 0 Å². The number of nitrogens with zero attached hydrogens (tertiary/aromatic N) is 3. The van der Waals surface area contributed by atoms with Crippen LogP contribution in [0.1, 0.15) is 0 Å². The monoisotopic (exact) mass is 1810 g/mol. The van der Waals surface area contributed by atoms with Gasteiger partial charge in [0, 0.05) is 82.1 Å². The average molecular weight is 1810 g/mol. The van der Waals surface area contributed by atoms with Crippen LogP contribution in [0.3, 0.4) is 0 Å². The van der Waals surface area contributed by atoms with E-state index >= 15 is 0 Å². The van der Waals surface area contributed by atoms with Gasteiger partial charge in [0.15, 0.2) is 0 Å². The topological polar surface area (TPSA) is 88.6 Å². The van der Waals surface area contributed by atoms with Crippen molar-refractivity contribution >= 4 is 183 Å². The Bertz CT molecular complexity index is 9600. The summed E-state index contributed by atoms with van der Waals surface area (Å²) in [5.74, 6) is 0. The first-order valence-electron chi connectivity index (χ1n) is 47.6. The van der Waals surface area contributed by atoms with E-state index in [1.165, 1.54) is 27.8 Å². The third-order valence-electron chi connectivity index (χ3n) is 27.3. The molecule has 0 saturated carbocycles. The summed E-state index contributed by atoms with van der Waals surface area (Å²) >= 11 is 0. The second-order valence-corrected chi connectivity index (χ2v) is 35.5. The van der Waals surface area contributed by atoms with Crippen LogP contribution in [0.5, 0.6) is 0 Å². The zero-order valence-electron chi connectivity index (χ0n) is 76.4. The average Bonchev–Trinajstić information content (AvgIpc) is 1.72. The van der Waals surface area contributed by atoms with E-state index < -0.39 is 0 Å². The Morgan fingerprint density at radius 1 is 0.113 bits per heavy atom. The molecule has 6 aromatic heterocycles. The fraction of sp³-hybridized carbons (Fsp3) is 0. The second kappa shape index (κ2) is 35.4. The molecular formula is C132H85N3O6. The van der Waals surface area contributed by atoms with Crippen molar-refractivity contribution in [3.63, 3.8) is 0 Å². The first kappa shape index (κ1) is 82.7. The maximum absolute atomic E-state index is 6.44. The lowest BCUT2D eigenvalue weighted by atomic mass is 9.96. The van der Waals surface area contributed by atoms with Gasteiger partial charge in [-0.2, -0.15) is 0 Å². The molecule has 0 atom stereocenters. The minimum atomic E-state index is 0.854. The normalized spacial score (nSPS) is 11.5. The summed E-state index contributed by atoms with van der Waals surface area (Å²) in [5.41, 5.74) is 36.3. The van der Waals surface area contributed by atoms with Gasteiger partial charge in [0.25, 0.3) is 0 Å². The zero-order chi connectivity index (χ0) is 93.2. The quantitative estimate of drug-likeness (QED) is 0.0938. The van der Waals surface area contributed by atoms with Crippen LogP contribution < -0.4 is 14.7 Å². The predicted molar refractivity (Wildman–Crippen MR) is 585 cm³/mol. The van der Waals surface area contributed by atoms with E-state index in [2.05, 4.69) is 458 Å². The lowest BCUT2D eigenvalue weighted by Gasteiger charge is -2.30.